The van der Waals surface area contributed by atoms with Gasteiger partial charge in [-0.05, 0) is 22.8 Å². The first kappa shape index (κ1) is 11.7. The summed E-state index contributed by atoms with van der Waals surface area (Å²) in [6.07, 6.45) is 0. The van der Waals surface area contributed by atoms with Crippen molar-refractivity contribution in [2.45, 2.75) is 0 Å². The molecule has 0 N–H and O–H groups in total. The van der Waals surface area contributed by atoms with Crippen molar-refractivity contribution in [3.63, 3.8) is 0 Å². The van der Waals surface area contributed by atoms with Gasteiger partial charge in [-0.1, -0.05) is 68.2 Å². The maximum Gasteiger partial charge on any atom is 0.132 e. The molecule has 1 heterocycles. The van der Waals surface area contributed by atoms with Gasteiger partial charge in [-0.3, -0.25) is 0 Å². The van der Waals surface area contributed by atoms with Crippen LogP contribution in [0.25, 0.3) is 26.3 Å². The fourth-order valence-corrected chi connectivity index (χ4v) is 5.47. The smallest absolute Gasteiger partial charge is 0.132 e. The number of halogens is 1. The minimum absolute atomic E-state index is 0.115. The van der Waals surface area contributed by atoms with E-state index in [1.54, 1.807) is 6.07 Å². The van der Waals surface area contributed by atoms with E-state index in [0.717, 1.165) is 15.9 Å². The molecule has 1 atom stereocenters. The number of benzene rings is 3. The van der Waals surface area contributed by atoms with E-state index in [9.17, 15) is 4.39 Å². The SMILES string of the molecule is Fc1cccc2c1c1ccccc1p2-c1ccccc1. The Balaban J connectivity index is 2.26. The molecule has 0 aliphatic carbocycles. The van der Waals surface area contributed by atoms with E-state index in [0.29, 0.717) is 0 Å². The summed E-state index contributed by atoms with van der Waals surface area (Å²) in [7, 11) is -0.628. The van der Waals surface area contributed by atoms with Crippen molar-refractivity contribution in [1.82, 2.24) is 0 Å². The average molecular weight is 278 g/mol. The van der Waals surface area contributed by atoms with E-state index in [1.807, 2.05) is 30.3 Å². The molecule has 0 aliphatic heterocycles. The lowest BCUT2D eigenvalue weighted by molar-refractivity contribution is 0.641. The van der Waals surface area contributed by atoms with Crippen LogP contribution in [0, 0.1) is 5.82 Å². The lowest BCUT2D eigenvalue weighted by atomic mass is 10.1. The highest BCUT2D eigenvalue weighted by Crippen LogP contribution is 2.55. The maximum atomic E-state index is 14.3. The van der Waals surface area contributed by atoms with Gasteiger partial charge in [0.05, 0.1) is 0 Å². The second-order valence-electron chi connectivity index (χ2n) is 4.82. The quantitative estimate of drug-likeness (QED) is 0.394. The van der Waals surface area contributed by atoms with Crippen molar-refractivity contribution in [3.05, 3.63) is 78.6 Å². The molecule has 0 fully saturated rings. The van der Waals surface area contributed by atoms with Gasteiger partial charge in [0.2, 0.25) is 0 Å². The van der Waals surface area contributed by atoms with Crippen LogP contribution in [-0.4, -0.2) is 0 Å². The van der Waals surface area contributed by atoms with E-state index in [2.05, 4.69) is 36.4 Å². The minimum atomic E-state index is -0.628. The molecule has 1 aromatic heterocycles. The molecule has 1 unspecified atom stereocenters. The van der Waals surface area contributed by atoms with Gasteiger partial charge in [0.1, 0.15) is 5.82 Å². The zero-order chi connectivity index (χ0) is 13.5. The largest absolute Gasteiger partial charge is 0.206 e. The molecule has 0 bridgehead atoms. The average Bonchev–Trinajstić information content (AvgIpc) is 2.84. The predicted molar refractivity (Wildman–Crippen MR) is 85.5 cm³/mol. The van der Waals surface area contributed by atoms with Gasteiger partial charge in [-0.15, -0.1) is 0 Å². The third-order valence-electron chi connectivity index (χ3n) is 3.66. The zero-order valence-corrected chi connectivity index (χ0v) is 11.6. The van der Waals surface area contributed by atoms with Gasteiger partial charge in [0, 0.05) is 15.6 Å². The van der Waals surface area contributed by atoms with Crippen LogP contribution in [-0.2, 0) is 0 Å². The second-order valence-corrected chi connectivity index (χ2v) is 6.97. The molecule has 4 rings (SSSR count). The van der Waals surface area contributed by atoms with Gasteiger partial charge < -0.3 is 0 Å². The maximum absolute atomic E-state index is 14.3. The van der Waals surface area contributed by atoms with E-state index in [4.69, 9.17) is 0 Å². The molecule has 96 valence electrons. The third kappa shape index (κ3) is 1.60. The Morgan fingerprint density at radius 3 is 2.20 bits per heavy atom. The van der Waals surface area contributed by atoms with Crippen molar-refractivity contribution in [2.24, 2.45) is 0 Å². The number of rotatable bonds is 1. The summed E-state index contributed by atoms with van der Waals surface area (Å²) >= 11 is 0. The summed E-state index contributed by atoms with van der Waals surface area (Å²) in [6.45, 7) is 0. The highest BCUT2D eigenvalue weighted by molar-refractivity contribution is 7.67. The molecule has 4 aromatic rings. The molecule has 0 amide bonds. The van der Waals surface area contributed by atoms with Crippen LogP contribution >= 0.6 is 7.53 Å². The summed E-state index contributed by atoms with van der Waals surface area (Å²) in [5.74, 6) is -0.115. The lowest BCUT2D eigenvalue weighted by Gasteiger charge is -2.02. The molecular formula is C18H12FP. The molecule has 0 aliphatic rings. The highest BCUT2D eigenvalue weighted by Gasteiger charge is 2.15. The Bertz CT molecular complexity index is 907. The van der Waals surface area contributed by atoms with Crippen molar-refractivity contribution >= 4 is 28.5 Å². The van der Waals surface area contributed by atoms with Gasteiger partial charge in [0.25, 0.3) is 0 Å². The van der Waals surface area contributed by atoms with Crippen LogP contribution in [0.2, 0.25) is 0 Å². The van der Waals surface area contributed by atoms with Crippen molar-refractivity contribution < 1.29 is 4.39 Å². The van der Waals surface area contributed by atoms with E-state index in [1.165, 1.54) is 10.4 Å². The second kappa shape index (κ2) is 4.47. The fraction of sp³-hybridized carbons (Fsp3) is 0. The van der Waals surface area contributed by atoms with E-state index in [-0.39, 0.29) is 5.82 Å². The normalized spacial score (nSPS) is 12.2. The van der Waals surface area contributed by atoms with Crippen LogP contribution in [0.5, 0.6) is 0 Å². The Morgan fingerprint density at radius 1 is 0.650 bits per heavy atom. The van der Waals surface area contributed by atoms with Crippen molar-refractivity contribution in [3.8, 4) is 5.30 Å². The topological polar surface area (TPSA) is 0 Å². The van der Waals surface area contributed by atoms with E-state index >= 15 is 0 Å². The zero-order valence-electron chi connectivity index (χ0n) is 10.8. The molecule has 0 saturated carbocycles. The minimum Gasteiger partial charge on any atom is -0.206 e. The standard InChI is InChI=1S/C18H12FP/c19-15-10-6-12-17-18(15)14-9-4-5-11-16(14)20(17)13-7-2-1-3-8-13/h1-12H. The predicted octanol–water partition coefficient (Wildman–Crippen LogP) is 6.11. The molecule has 20 heavy (non-hydrogen) atoms. The van der Waals surface area contributed by atoms with Crippen LogP contribution in [0.15, 0.2) is 72.8 Å². The van der Waals surface area contributed by atoms with Crippen LogP contribution in [0.3, 0.4) is 0 Å². The molecule has 0 spiro atoms. The summed E-state index contributed by atoms with van der Waals surface area (Å²) in [5.41, 5.74) is 0. The Hall–Kier alpha value is -2.11. The molecule has 0 radical (unpaired) electrons. The van der Waals surface area contributed by atoms with Crippen molar-refractivity contribution in [2.75, 3.05) is 0 Å². The van der Waals surface area contributed by atoms with Crippen LogP contribution in [0.4, 0.5) is 4.39 Å². The van der Waals surface area contributed by atoms with Crippen LogP contribution in [0.1, 0.15) is 0 Å². The van der Waals surface area contributed by atoms with E-state index < -0.39 is 7.53 Å². The first-order valence-electron chi connectivity index (χ1n) is 6.59. The van der Waals surface area contributed by atoms with Gasteiger partial charge in [-0.2, -0.15) is 0 Å². The summed E-state index contributed by atoms with van der Waals surface area (Å²) in [4.78, 5) is 0. The number of fused-ring (bicyclic) bond motifs is 3. The van der Waals surface area contributed by atoms with Crippen molar-refractivity contribution in [1.29, 1.82) is 0 Å². The molecule has 2 heteroatoms. The van der Waals surface area contributed by atoms with Gasteiger partial charge in [-0.25, -0.2) is 4.39 Å². The molecule has 0 saturated heterocycles. The summed E-state index contributed by atoms with van der Waals surface area (Å²) in [5, 5.41) is 5.51. The highest BCUT2D eigenvalue weighted by atomic mass is 31.1. The number of hydrogen-bond donors (Lipinski definition) is 0. The third-order valence-corrected chi connectivity index (χ3v) is 6.20. The Morgan fingerprint density at radius 2 is 1.35 bits per heavy atom. The van der Waals surface area contributed by atoms with Crippen LogP contribution < -0.4 is 0 Å². The summed E-state index contributed by atoms with van der Waals surface area (Å²) < 4.78 is 14.3. The molecule has 3 aromatic carbocycles. The number of hydrogen-bond acceptors (Lipinski definition) is 0. The van der Waals surface area contributed by atoms with Gasteiger partial charge >= 0.3 is 0 Å². The molecular weight excluding hydrogens is 266 g/mol. The summed E-state index contributed by atoms with van der Waals surface area (Å²) in [6, 6.07) is 24.0. The molecule has 0 nitrogen and oxygen atoms in total. The first-order valence-corrected chi connectivity index (χ1v) is 7.93. The first-order chi connectivity index (χ1) is 9.86. The lowest BCUT2D eigenvalue weighted by Crippen LogP contribution is -1.73. The van der Waals surface area contributed by atoms with Gasteiger partial charge in [0.15, 0.2) is 0 Å². The fourth-order valence-electron chi connectivity index (χ4n) is 2.83. The Labute approximate surface area is 117 Å². The Kier molecular flexibility index (Phi) is 2.61. The monoisotopic (exact) mass is 278 g/mol.